The van der Waals surface area contributed by atoms with Crippen LogP contribution >= 0.6 is 34.3 Å². The van der Waals surface area contributed by atoms with Crippen molar-refractivity contribution in [2.45, 2.75) is 26.8 Å². The summed E-state index contributed by atoms with van der Waals surface area (Å²) in [5.74, 6) is -0.826. The van der Waals surface area contributed by atoms with E-state index in [0.717, 1.165) is 26.0 Å². The van der Waals surface area contributed by atoms with E-state index in [9.17, 15) is 14.4 Å². The normalized spacial score (nSPS) is 15.8. The van der Waals surface area contributed by atoms with E-state index in [1.807, 2.05) is 19.1 Å². The molecule has 0 bridgehead atoms. The summed E-state index contributed by atoms with van der Waals surface area (Å²) in [4.78, 5) is 45.6. The van der Waals surface area contributed by atoms with Gasteiger partial charge in [0.1, 0.15) is 0 Å². The minimum Gasteiger partial charge on any atom is -0.351 e. The van der Waals surface area contributed by atoms with Crippen LogP contribution in [-0.4, -0.2) is 29.3 Å². The van der Waals surface area contributed by atoms with Crippen LogP contribution in [0.25, 0.3) is 10.6 Å². The number of thiophene rings is 1. The number of carbonyl (C=O) groups is 3. The summed E-state index contributed by atoms with van der Waals surface area (Å²) < 4.78 is 0. The molecule has 1 aromatic carbocycles. The van der Waals surface area contributed by atoms with Gasteiger partial charge in [-0.05, 0) is 43.3 Å². The first-order valence-corrected chi connectivity index (χ1v) is 12.0. The van der Waals surface area contributed by atoms with Gasteiger partial charge in [0.25, 0.3) is 0 Å². The first-order chi connectivity index (χ1) is 15.3. The van der Waals surface area contributed by atoms with Gasteiger partial charge in [0.2, 0.25) is 17.7 Å². The number of anilines is 2. The summed E-state index contributed by atoms with van der Waals surface area (Å²) in [5.41, 5.74) is 1.55. The number of carbonyl (C=O) groups excluding carboxylic acids is 3. The molecule has 1 fully saturated rings. The lowest BCUT2D eigenvalue weighted by atomic mass is 10.1. The number of nitrogens with zero attached hydrogens (tertiary/aromatic N) is 2. The minimum atomic E-state index is -0.447. The molecule has 2 N–H and O–H groups in total. The van der Waals surface area contributed by atoms with Crippen molar-refractivity contribution in [3.8, 4) is 10.6 Å². The average molecular weight is 489 g/mol. The van der Waals surface area contributed by atoms with E-state index in [4.69, 9.17) is 11.6 Å². The molecule has 1 saturated heterocycles. The molecule has 0 spiro atoms. The lowest BCUT2D eigenvalue weighted by molar-refractivity contribution is -0.122. The molecule has 1 aliphatic heterocycles. The molecule has 3 amide bonds. The Morgan fingerprint density at radius 2 is 1.94 bits per heavy atom. The highest BCUT2D eigenvalue weighted by Gasteiger charge is 2.35. The largest absolute Gasteiger partial charge is 0.351 e. The standard InChI is InChI=1S/C22H21ClN4O3S2/c1-12-20(18-8-7-17(32-18)10-24-13(2)28)25-22(31-12)26-21(30)14-9-19(29)27(11-14)16-5-3-15(23)4-6-16/h3-8,14H,9-11H2,1-2H3,(H,24,28)(H,25,26,30). The number of hydrogen-bond acceptors (Lipinski definition) is 6. The van der Waals surface area contributed by atoms with E-state index in [-0.39, 0.29) is 24.1 Å². The highest BCUT2D eigenvalue weighted by molar-refractivity contribution is 7.18. The summed E-state index contributed by atoms with van der Waals surface area (Å²) in [7, 11) is 0. The van der Waals surface area contributed by atoms with Crippen molar-refractivity contribution >= 4 is 62.8 Å². The predicted octanol–water partition coefficient (Wildman–Crippen LogP) is 4.46. The summed E-state index contributed by atoms with van der Waals surface area (Å²) in [6, 6.07) is 10.9. The second kappa shape index (κ2) is 9.40. The number of nitrogens with one attached hydrogen (secondary N) is 2. The minimum absolute atomic E-state index is 0.0743. The SMILES string of the molecule is CC(=O)NCc1ccc(-c2nc(NC(=O)C3CC(=O)N(c4ccc(Cl)cc4)C3)sc2C)s1. The molecular weight excluding hydrogens is 468 g/mol. The van der Waals surface area contributed by atoms with E-state index in [0.29, 0.717) is 23.2 Å². The fraction of sp³-hybridized carbons (Fsp3) is 0.273. The molecule has 1 aliphatic rings. The maximum atomic E-state index is 12.8. The summed E-state index contributed by atoms with van der Waals surface area (Å²) in [6.45, 7) is 4.24. The fourth-order valence-electron chi connectivity index (χ4n) is 3.45. The van der Waals surface area contributed by atoms with Gasteiger partial charge in [0.05, 0.1) is 23.0 Å². The van der Waals surface area contributed by atoms with Crippen LogP contribution in [-0.2, 0) is 20.9 Å². The van der Waals surface area contributed by atoms with E-state index in [1.54, 1.807) is 40.5 Å². The molecule has 3 heterocycles. The molecule has 0 saturated carbocycles. The van der Waals surface area contributed by atoms with Crippen LogP contribution in [0.5, 0.6) is 0 Å². The molecule has 7 nitrogen and oxygen atoms in total. The van der Waals surface area contributed by atoms with Crippen molar-refractivity contribution in [2.24, 2.45) is 5.92 Å². The molecule has 2 aromatic heterocycles. The van der Waals surface area contributed by atoms with Crippen LogP contribution in [0.1, 0.15) is 23.1 Å². The number of amides is 3. The van der Waals surface area contributed by atoms with Crippen molar-refractivity contribution in [2.75, 3.05) is 16.8 Å². The number of halogens is 1. The molecular formula is C22H21ClN4O3S2. The molecule has 0 radical (unpaired) electrons. The lowest BCUT2D eigenvalue weighted by Crippen LogP contribution is -2.28. The monoisotopic (exact) mass is 488 g/mol. The summed E-state index contributed by atoms with van der Waals surface area (Å²) >= 11 is 8.88. The third-order valence-electron chi connectivity index (χ3n) is 5.07. The first kappa shape index (κ1) is 22.4. The van der Waals surface area contributed by atoms with Crippen molar-refractivity contribution in [3.05, 3.63) is 51.2 Å². The summed E-state index contributed by atoms with van der Waals surface area (Å²) in [5, 5.41) is 6.77. The molecule has 3 aromatic rings. The Hall–Kier alpha value is -2.75. The van der Waals surface area contributed by atoms with Crippen molar-refractivity contribution in [3.63, 3.8) is 0 Å². The topological polar surface area (TPSA) is 91.4 Å². The van der Waals surface area contributed by atoms with E-state index < -0.39 is 5.92 Å². The highest BCUT2D eigenvalue weighted by atomic mass is 35.5. The van der Waals surface area contributed by atoms with Crippen LogP contribution in [0.15, 0.2) is 36.4 Å². The Morgan fingerprint density at radius 3 is 2.66 bits per heavy atom. The number of thiazole rings is 1. The second-order valence-corrected chi connectivity index (χ2v) is 10.3. The zero-order valence-corrected chi connectivity index (χ0v) is 19.9. The van der Waals surface area contributed by atoms with Gasteiger partial charge in [-0.15, -0.1) is 22.7 Å². The van der Waals surface area contributed by atoms with Crippen LogP contribution in [0, 0.1) is 12.8 Å². The predicted molar refractivity (Wildman–Crippen MR) is 128 cm³/mol. The second-order valence-electron chi connectivity index (χ2n) is 7.47. The molecule has 166 valence electrons. The van der Waals surface area contributed by atoms with Gasteiger partial charge in [0, 0.05) is 40.4 Å². The van der Waals surface area contributed by atoms with Gasteiger partial charge in [-0.3, -0.25) is 14.4 Å². The maximum Gasteiger partial charge on any atom is 0.231 e. The number of benzene rings is 1. The Bertz CT molecular complexity index is 1170. The van der Waals surface area contributed by atoms with Gasteiger partial charge < -0.3 is 15.5 Å². The molecule has 4 rings (SSSR count). The van der Waals surface area contributed by atoms with Crippen LogP contribution in [0.3, 0.4) is 0 Å². The zero-order valence-electron chi connectivity index (χ0n) is 17.5. The molecule has 1 unspecified atom stereocenters. The van der Waals surface area contributed by atoms with Crippen molar-refractivity contribution < 1.29 is 14.4 Å². The number of aryl methyl sites for hydroxylation is 1. The molecule has 1 atom stereocenters. The molecule has 0 aliphatic carbocycles. The van der Waals surface area contributed by atoms with Crippen molar-refractivity contribution in [1.29, 1.82) is 0 Å². The first-order valence-electron chi connectivity index (χ1n) is 9.98. The third-order valence-corrected chi connectivity index (χ3v) is 7.30. The van der Waals surface area contributed by atoms with Gasteiger partial charge in [-0.25, -0.2) is 4.98 Å². The van der Waals surface area contributed by atoms with Gasteiger partial charge in [0.15, 0.2) is 5.13 Å². The quantitative estimate of drug-likeness (QED) is 0.535. The third kappa shape index (κ3) is 5.01. The Kier molecular flexibility index (Phi) is 6.59. The zero-order chi connectivity index (χ0) is 22.8. The number of hydrogen-bond donors (Lipinski definition) is 2. The number of aromatic nitrogens is 1. The molecule has 32 heavy (non-hydrogen) atoms. The van der Waals surface area contributed by atoms with Crippen molar-refractivity contribution in [1.82, 2.24) is 10.3 Å². The average Bonchev–Trinajstić information content (AvgIpc) is 3.45. The highest BCUT2D eigenvalue weighted by Crippen LogP contribution is 2.35. The maximum absolute atomic E-state index is 12.8. The van der Waals surface area contributed by atoms with Gasteiger partial charge >= 0.3 is 0 Å². The molecule has 10 heteroatoms. The Morgan fingerprint density at radius 1 is 1.19 bits per heavy atom. The smallest absolute Gasteiger partial charge is 0.231 e. The Balaban J connectivity index is 1.42. The van der Waals surface area contributed by atoms with Crippen LogP contribution in [0.4, 0.5) is 10.8 Å². The fourth-order valence-corrected chi connectivity index (χ4v) is 5.47. The van der Waals surface area contributed by atoms with Crippen LogP contribution < -0.4 is 15.5 Å². The number of rotatable bonds is 6. The van der Waals surface area contributed by atoms with E-state index in [1.165, 1.54) is 18.3 Å². The van der Waals surface area contributed by atoms with E-state index >= 15 is 0 Å². The van der Waals surface area contributed by atoms with E-state index in [2.05, 4.69) is 15.6 Å². The summed E-state index contributed by atoms with van der Waals surface area (Å²) in [6.07, 6.45) is 0.156. The Labute approximate surface area is 198 Å². The van der Waals surface area contributed by atoms with Gasteiger partial charge in [-0.1, -0.05) is 11.6 Å². The van der Waals surface area contributed by atoms with Crippen LogP contribution in [0.2, 0.25) is 5.02 Å². The van der Waals surface area contributed by atoms with Gasteiger partial charge in [-0.2, -0.15) is 0 Å². The lowest BCUT2D eigenvalue weighted by Gasteiger charge is -2.16.